The summed E-state index contributed by atoms with van der Waals surface area (Å²) in [6.07, 6.45) is 8.29. The lowest BCUT2D eigenvalue weighted by Gasteiger charge is -2.32. The predicted molar refractivity (Wildman–Crippen MR) is 152 cm³/mol. The molecular weight excluding hydrogens is 470 g/mol. The van der Waals surface area contributed by atoms with Crippen LogP contribution in [0.2, 0.25) is 5.02 Å². The second kappa shape index (κ2) is 10.6. The molecule has 190 valence electrons. The van der Waals surface area contributed by atoms with Gasteiger partial charge in [-0.3, -0.25) is 0 Å². The fraction of sp³-hybridized carbons (Fsp3) is 0.310. The summed E-state index contributed by atoms with van der Waals surface area (Å²) in [5.74, 6) is 1.04. The predicted octanol–water partition coefficient (Wildman–Crippen LogP) is 6.72. The Morgan fingerprint density at radius 3 is 2.56 bits per heavy atom. The highest BCUT2D eigenvalue weighted by Crippen LogP contribution is 2.43. The van der Waals surface area contributed by atoms with E-state index >= 15 is 0 Å². The summed E-state index contributed by atoms with van der Waals surface area (Å²) < 4.78 is 5.57. The monoisotopic (exact) mass is 505 g/mol. The molecule has 6 nitrogen and oxygen atoms in total. The minimum Gasteiger partial charge on any atom is -0.495 e. The average molecular weight is 506 g/mol. The van der Waals surface area contributed by atoms with E-state index in [0.29, 0.717) is 34.5 Å². The normalized spacial score (nSPS) is 15.7. The first-order chi connectivity index (χ1) is 16.9. The average Bonchev–Trinajstić information content (AvgIpc) is 2.97. The number of nitrogens with one attached hydrogen (secondary N) is 1. The number of methoxy groups -OCH3 is 1. The quantitative estimate of drug-likeness (QED) is 0.388. The molecule has 0 atom stereocenters. The van der Waals surface area contributed by atoms with Crippen LogP contribution in [0.4, 0.5) is 11.6 Å². The van der Waals surface area contributed by atoms with Gasteiger partial charge in [0, 0.05) is 36.0 Å². The fourth-order valence-electron chi connectivity index (χ4n) is 4.34. The summed E-state index contributed by atoms with van der Waals surface area (Å²) in [4.78, 5) is 11.4. The van der Waals surface area contributed by atoms with E-state index in [1.807, 2.05) is 38.1 Å². The number of rotatable bonds is 8. The minimum atomic E-state index is -0.126. The van der Waals surface area contributed by atoms with Crippen LogP contribution >= 0.6 is 11.6 Å². The Morgan fingerprint density at radius 1 is 1.31 bits per heavy atom. The van der Waals surface area contributed by atoms with E-state index in [0.717, 1.165) is 33.7 Å². The van der Waals surface area contributed by atoms with Crippen molar-refractivity contribution in [2.45, 2.75) is 46.6 Å². The van der Waals surface area contributed by atoms with Gasteiger partial charge in [-0.15, -0.1) is 0 Å². The maximum atomic E-state index is 6.59. The number of ether oxygens (including phenoxy) is 1. The van der Waals surface area contributed by atoms with Gasteiger partial charge in [0.15, 0.2) is 0 Å². The standard InChI is InChI=1S/C29H36ClN5O/c1-10-11-12-21(27-18(3)29(6,7)35(8)20(27)5)14-24-23(30)16-32-28(33-24)34-25-13-17(2)22(19(4)31)15-26(25)36-9/h10-13,15-16H,4-5,14,31H2,1-3,6-9H3,(H,32,33,34)/b11-10-,21-12-. The van der Waals surface area contributed by atoms with E-state index in [9.17, 15) is 0 Å². The van der Waals surface area contributed by atoms with Crippen molar-refractivity contribution in [3.05, 3.63) is 94.0 Å². The van der Waals surface area contributed by atoms with Gasteiger partial charge in [0.2, 0.25) is 5.95 Å². The highest BCUT2D eigenvalue weighted by molar-refractivity contribution is 6.31. The number of aryl methyl sites for hydroxylation is 1. The van der Waals surface area contributed by atoms with Gasteiger partial charge >= 0.3 is 0 Å². The van der Waals surface area contributed by atoms with Crippen LogP contribution in [0.1, 0.15) is 44.5 Å². The number of nitrogens with zero attached hydrogens (tertiary/aromatic N) is 3. The number of anilines is 2. The van der Waals surface area contributed by atoms with Gasteiger partial charge in [-0.1, -0.05) is 43.0 Å². The van der Waals surface area contributed by atoms with Gasteiger partial charge in [-0.2, -0.15) is 0 Å². The zero-order valence-electron chi connectivity index (χ0n) is 22.3. The number of hydrogen-bond donors (Lipinski definition) is 2. The van der Waals surface area contributed by atoms with Gasteiger partial charge in [-0.25, -0.2) is 9.97 Å². The van der Waals surface area contributed by atoms with Crippen LogP contribution in [0.3, 0.4) is 0 Å². The molecule has 1 aliphatic rings. The van der Waals surface area contributed by atoms with Crippen molar-refractivity contribution in [2.24, 2.45) is 5.73 Å². The van der Waals surface area contributed by atoms with Crippen LogP contribution in [0.25, 0.3) is 5.70 Å². The van der Waals surface area contributed by atoms with Crippen molar-refractivity contribution in [3.8, 4) is 5.75 Å². The van der Waals surface area contributed by atoms with E-state index in [1.165, 1.54) is 5.57 Å². The Hall–Kier alpha value is -3.51. The molecule has 0 aliphatic carbocycles. The third-order valence-electron chi connectivity index (χ3n) is 6.95. The summed E-state index contributed by atoms with van der Waals surface area (Å²) in [5.41, 5.74) is 14.0. The van der Waals surface area contributed by atoms with Gasteiger partial charge in [0.1, 0.15) is 5.75 Å². The second-order valence-corrected chi connectivity index (χ2v) is 9.87. The summed E-state index contributed by atoms with van der Waals surface area (Å²) in [7, 11) is 3.68. The van der Waals surface area contributed by atoms with Crippen molar-refractivity contribution in [2.75, 3.05) is 19.5 Å². The third-order valence-corrected chi connectivity index (χ3v) is 7.26. The topological polar surface area (TPSA) is 76.3 Å². The maximum absolute atomic E-state index is 6.59. The summed E-state index contributed by atoms with van der Waals surface area (Å²) >= 11 is 6.59. The van der Waals surface area contributed by atoms with Crippen LogP contribution in [-0.4, -0.2) is 34.6 Å². The molecule has 0 saturated carbocycles. The molecule has 0 radical (unpaired) electrons. The first kappa shape index (κ1) is 27.1. The number of nitrogens with two attached hydrogens (primary N) is 1. The summed E-state index contributed by atoms with van der Waals surface area (Å²) in [6.45, 7) is 18.7. The van der Waals surface area contributed by atoms with E-state index in [2.05, 4.69) is 62.3 Å². The van der Waals surface area contributed by atoms with Crippen LogP contribution in [0.5, 0.6) is 5.75 Å². The fourth-order valence-corrected chi connectivity index (χ4v) is 4.49. The van der Waals surface area contributed by atoms with Crippen molar-refractivity contribution >= 4 is 28.9 Å². The largest absolute Gasteiger partial charge is 0.495 e. The van der Waals surface area contributed by atoms with E-state index in [-0.39, 0.29) is 5.54 Å². The smallest absolute Gasteiger partial charge is 0.227 e. The van der Waals surface area contributed by atoms with Crippen molar-refractivity contribution in [1.29, 1.82) is 0 Å². The number of hydrogen-bond acceptors (Lipinski definition) is 6. The Bertz CT molecular complexity index is 1300. The molecule has 3 rings (SSSR count). The molecule has 7 heteroatoms. The number of allylic oxidation sites excluding steroid dienone is 4. The van der Waals surface area contributed by atoms with Gasteiger partial charge in [0.25, 0.3) is 0 Å². The molecule has 2 heterocycles. The number of likely N-dealkylation sites (N-methyl/N-ethyl adjacent to an activating group) is 1. The van der Waals surface area contributed by atoms with Gasteiger partial charge in [-0.05, 0) is 63.5 Å². The van der Waals surface area contributed by atoms with Crippen LogP contribution in [0, 0.1) is 6.92 Å². The minimum absolute atomic E-state index is 0.126. The maximum Gasteiger partial charge on any atom is 0.227 e. The van der Waals surface area contributed by atoms with Crippen molar-refractivity contribution in [3.63, 3.8) is 0 Å². The van der Waals surface area contributed by atoms with Gasteiger partial charge in [0.05, 0.1) is 35.2 Å². The second-order valence-electron chi connectivity index (χ2n) is 9.47. The first-order valence-corrected chi connectivity index (χ1v) is 12.2. The number of benzene rings is 1. The Kier molecular flexibility index (Phi) is 7.99. The molecule has 2 aromatic rings. The molecule has 36 heavy (non-hydrogen) atoms. The van der Waals surface area contributed by atoms with Crippen molar-refractivity contribution in [1.82, 2.24) is 14.9 Å². The zero-order valence-corrected chi connectivity index (χ0v) is 23.0. The van der Waals surface area contributed by atoms with E-state index in [1.54, 1.807) is 13.3 Å². The zero-order chi connectivity index (χ0) is 26.8. The molecule has 0 saturated heterocycles. The lowest BCUT2D eigenvalue weighted by Crippen LogP contribution is -2.36. The molecule has 0 amide bonds. The molecular formula is C29H36ClN5O. The molecule has 0 spiro atoms. The number of halogens is 1. The van der Waals surface area contributed by atoms with Gasteiger partial charge < -0.3 is 20.7 Å². The van der Waals surface area contributed by atoms with E-state index < -0.39 is 0 Å². The molecule has 0 fully saturated rings. The Labute approximate surface area is 219 Å². The summed E-state index contributed by atoms with van der Waals surface area (Å²) in [6, 6.07) is 3.80. The first-order valence-electron chi connectivity index (χ1n) is 11.8. The number of aromatic nitrogens is 2. The molecule has 1 aliphatic heterocycles. The molecule has 0 unspecified atom stereocenters. The molecule has 3 N–H and O–H groups in total. The SMILES string of the molecule is C=C(N)c1cc(OC)c(Nc2ncc(Cl)c(C/C(=C/C=C\C)C3=C(C)C(C)(C)N(C)C3=C)n2)cc1C. The summed E-state index contributed by atoms with van der Waals surface area (Å²) in [5, 5.41) is 3.77. The molecule has 0 bridgehead atoms. The van der Waals surface area contributed by atoms with Crippen LogP contribution in [0.15, 0.2) is 72.1 Å². The molecule has 1 aromatic heterocycles. The lowest BCUT2D eigenvalue weighted by molar-refractivity contribution is 0.275. The van der Waals surface area contributed by atoms with Crippen LogP contribution in [-0.2, 0) is 6.42 Å². The van der Waals surface area contributed by atoms with Crippen molar-refractivity contribution < 1.29 is 4.74 Å². The van der Waals surface area contributed by atoms with Crippen LogP contribution < -0.4 is 15.8 Å². The lowest BCUT2D eigenvalue weighted by atomic mass is 9.90. The van der Waals surface area contributed by atoms with E-state index in [4.69, 9.17) is 27.1 Å². The highest BCUT2D eigenvalue weighted by Gasteiger charge is 2.37. The third kappa shape index (κ3) is 5.19. The Balaban J connectivity index is 2.01. The Morgan fingerprint density at radius 2 is 2.00 bits per heavy atom. The molecule has 1 aromatic carbocycles. The highest BCUT2D eigenvalue weighted by atomic mass is 35.5.